The number of pyridine rings is 1. The van der Waals surface area contributed by atoms with Crippen LogP contribution in [0.5, 0.6) is 0 Å². The predicted octanol–water partition coefficient (Wildman–Crippen LogP) is 3.36. The number of hydrogen-bond acceptors (Lipinski definition) is 5. The van der Waals surface area contributed by atoms with Crippen LogP contribution in [0, 0.1) is 0 Å². The van der Waals surface area contributed by atoms with E-state index >= 15 is 0 Å². The van der Waals surface area contributed by atoms with Crippen LogP contribution in [-0.2, 0) is 10.3 Å². The summed E-state index contributed by atoms with van der Waals surface area (Å²) in [7, 11) is 1.66. The Hall–Kier alpha value is -2.73. The number of rotatable bonds is 2. The van der Waals surface area contributed by atoms with Crippen molar-refractivity contribution >= 4 is 33.3 Å². The summed E-state index contributed by atoms with van der Waals surface area (Å²) in [5.41, 5.74) is 8.58. The minimum absolute atomic E-state index is 0.0164. The molecule has 0 spiro atoms. The summed E-state index contributed by atoms with van der Waals surface area (Å²) < 4.78 is 1.16. The van der Waals surface area contributed by atoms with Crippen LogP contribution >= 0.6 is 11.3 Å². The van der Waals surface area contributed by atoms with E-state index in [0.717, 1.165) is 15.8 Å². The van der Waals surface area contributed by atoms with E-state index in [4.69, 9.17) is 5.73 Å². The fraction of sp³-hybridized carbons (Fsp3) is 0.211. The van der Waals surface area contributed by atoms with Gasteiger partial charge in [-0.15, -0.1) is 11.3 Å². The van der Waals surface area contributed by atoms with Crippen LogP contribution in [0.4, 0.5) is 0 Å². The molecule has 0 aliphatic carbocycles. The Morgan fingerprint density at radius 3 is 2.88 bits per heavy atom. The van der Waals surface area contributed by atoms with Crippen LogP contribution in [0.25, 0.3) is 21.2 Å². The molecule has 1 aliphatic heterocycles. The first-order chi connectivity index (χ1) is 12.0. The molecule has 2 aromatic heterocycles. The molecular weight excluding hydrogens is 332 g/mol. The molecule has 25 heavy (non-hydrogen) atoms. The third kappa shape index (κ3) is 2.59. The van der Waals surface area contributed by atoms with Crippen molar-refractivity contribution in [1.29, 1.82) is 0 Å². The molecule has 3 heterocycles. The minimum atomic E-state index is -0.625. The first kappa shape index (κ1) is 15.8. The van der Waals surface area contributed by atoms with E-state index < -0.39 is 5.54 Å². The van der Waals surface area contributed by atoms with E-state index in [1.165, 1.54) is 15.8 Å². The molecule has 1 atom stereocenters. The summed E-state index contributed by atoms with van der Waals surface area (Å²) in [6, 6.07) is 10.3. The van der Waals surface area contributed by atoms with Crippen molar-refractivity contribution in [2.24, 2.45) is 10.7 Å². The number of benzene rings is 1. The fourth-order valence-corrected chi connectivity index (χ4v) is 4.19. The van der Waals surface area contributed by atoms with Crippen molar-refractivity contribution in [2.45, 2.75) is 18.9 Å². The first-order valence-corrected chi connectivity index (χ1v) is 8.90. The summed E-state index contributed by atoms with van der Waals surface area (Å²) >= 11 is 1.68. The van der Waals surface area contributed by atoms with Gasteiger partial charge in [0.15, 0.2) is 5.96 Å². The zero-order valence-corrected chi connectivity index (χ0v) is 14.9. The van der Waals surface area contributed by atoms with Crippen molar-refractivity contribution in [3.63, 3.8) is 0 Å². The normalized spacial score (nSPS) is 20.8. The maximum Gasteiger partial charge on any atom is 0.231 e. The molecule has 3 aromatic rings. The lowest BCUT2D eigenvalue weighted by molar-refractivity contribution is -0.128. The molecule has 1 aliphatic rings. The highest BCUT2D eigenvalue weighted by atomic mass is 32.1. The molecule has 2 N–H and O–H groups in total. The number of aliphatic imine (C=N–C) groups is 1. The van der Waals surface area contributed by atoms with Gasteiger partial charge in [0.05, 0.1) is 12.0 Å². The number of aromatic nitrogens is 1. The summed E-state index contributed by atoms with van der Waals surface area (Å²) in [5, 5.41) is 3.33. The Morgan fingerprint density at radius 1 is 1.32 bits per heavy atom. The van der Waals surface area contributed by atoms with Gasteiger partial charge < -0.3 is 5.73 Å². The summed E-state index contributed by atoms with van der Waals surface area (Å²) in [6.45, 7) is 1.96. The molecule has 0 fully saturated rings. The molecule has 0 unspecified atom stereocenters. The maximum absolute atomic E-state index is 12.2. The van der Waals surface area contributed by atoms with Gasteiger partial charge >= 0.3 is 0 Å². The Balaban J connectivity index is 1.80. The Bertz CT molecular complexity index is 995. The molecule has 1 amide bonds. The van der Waals surface area contributed by atoms with Gasteiger partial charge in [0.2, 0.25) is 5.91 Å². The van der Waals surface area contributed by atoms with Gasteiger partial charge in [-0.1, -0.05) is 18.2 Å². The highest BCUT2D eigenvalue weighted by Gasteiger charge is 2.36. The molecule has 5 nitrogen and oxygen atoms in total. The molecule has 126 valence electrons. The van der Waals surface area contributed by atoms with E-state index in [2.05, 4.69) is 33.6 Å². The first-order valence-electron chi connectivity index (χ1n) is 8.02. The van der Waals surface area contributed by atoms with Gasteiger partial charge in [0.25, 0.3) is 0 Å². The monoisotopic (exact) mass is 350 g/mol. The lowest BCUT2D eigenvalue weighted by Gasteiger charge is -2.33. The van der Waals surface area contributed by atoms with Crippen LogP contribution in [0.2, 0.25) is 0 Å². The number of nitrogens with zero attached hydrogens (tertiary/aromatic N) is 3. The Kier molecular flexibility index (Phi) is 3.58. The van der Waals surface area contributed by atoms with Crippen LogP contribution in [0.15, 0.2) is 53.1 Å². The Labute approximate surface area is 149 Å². The van der Waals surface area contributed by atoms with Gasteiger partial charge in [-0.05, 0) is 30.0 Å². The second-order valence-electron chi connectivity index (χ2n) is 6.48. The number of amides is 1. The second kappa shape index (κ2) is 5.67. The number of hydrogen-bond donors (Lipinski definition) is 1. The number of carbonyl (C=O) groups excluding carboxylic acids is 1. The van der Waals surface area contributed by atoms with Gasteiger partial charge in [0, 0.05) is 40.7 Å². The van der Waals surface area contributed by atoms with Crippen molar-refractivity contribution in [3.8, 4) is 11.1 Å². The molecule has 6 heteroatoms. The minimum Gasteiger partial charge on any atom is -0.369 e. The van der Waals surface area contributed by atoms with Gasteiger partial charge in [-0.3, -0.25) is 14.7 Å². The van der Waals surface area contributed by atoms with Gasteiger partial charge in [-0.2, -0.15) is 0 Å². The van der Waals surface area contributed by atoms with E-state index in [9.17, 15) is 4.79 Å². The largest absolute Gasteiger partial charge is 0.369 e. The molecule has 0 radical (unpaired) electrons. The SMILES string of the molecule is CN1C(=O)C[C@@](C)(c2ccc3c(-c4cccnc4)csc3c2)N=C1N. The molecule has 0 saturated carbocycles. The van der Waals surface area contributed by atoms with Crippen molar-refractivity contribution < 1.29 is 4.79 Å². The summed E-state index contributed by atoms with van der Waals surface area (Å²) in [5.74, 6) is 0.249. The quantitative estimate of drug-likeness (QED) is 0.770. The van der Waals surface area contributed by atoms with E-state index in [-0.39, 0.29) is 11.9 Å². The average Bonchev–Trinajstić information content (AvgIpc) is 3.03. The van der Waals surface area contributed by atoms with Gasteiger partial charge in [-0.25, -0.2) is 4.99 Å². The number of nitrogens with two attached hydrogens (primary N) is 1. The lowest BCUT2D eigenvalue weighted by atomic mass is 9.87. The number of fused-ring (bicyclic) bond motifs is 1. The molecule has 0 bridgehead atoms. The zero-order chi connectivity index (χ0) is 17.6. The number of guanidine groups is 1. The van der Waals surface area contributed by atoms with Crippen molar-refractivity contribution in [1.82, 2.24) is 9.88 Å². The zero-order valence-electron chi connectivity index (χ0n) is 14.1. The smallest absolute Gasteiger partial charge is 0.231 e. The standard InChI is InChI=1S/C19H18N4OS/c1-19(9-17(24)23(2)18(20)22-19)13-5-6-14-15(11-25-16(14)8-13)12-4-3-7-21-10-12/h3-8,10-11H,9H2,1-2H3,(H2,20,22)/t19-/m0/s1. The van der Waals surface area contributed by atoms with Crippen LogP contribution < -0.4 is 5.73 Å². The van der Waals surface area contributed by atoms with Crippen molar-refractivity contribution in [2.75, 3.05) is 7.05 Å². The summed E-state index contributed by atoms with van der Waals surface area (Å²) in [4.78, 5) is 22.4. The predicted molar refractivity (Wildman–Crippen MR) is 101 cm³/mol. The van der Waals surface area contributed by atoms with E-state index in [1.807, 2.05) is 25.3 Å². The molecule has 0 saturated heterocycles. The molecule has 1 aromatic carbocycles. The maximum atomic E-state index is 12.2. The summed E-state index contributed by atoms with van der Waals surface area (Å²) in [6.07, 6.45) is 3.96. The lowest BCUT2D eigenvalue weighted by Crippen LogP contribution is -2.47. The highest BCUT2D eigenvalue weighted by Crippen LogP contribution is 2.39. The third-order valence-corrected chi connectivity index (χ3v) is 5.69. The van der Waals surface area contributed by atoms with Crippen LogP contribution in [0.1, 0.15) is 18.9 Å². The van der Waals surface area contributed by atoms with E-state index in [0.29, 0.717) is 6.42 Å². The third-order valence-electron chi connectivity index (χ3n) is 4.74. The second-order valence-corrected chi connectivity index (χ2v) is 7.39. The van der Waals surface area contributed by atoms with Crippen LogP contribution in [-0.4, -0.2) is 28.8 Å². The van der Waals surface area contributed by atoms with Gasteiger partial charge in [0.1, 0.15) is 0 Å². The van der Waals surface area contributed by atoms with Crippen molar-refractivity contribution in [3.05, 3.63) is 53.7 Å². The number of thiophene rings is 1. The Morgan fingerprint density at radius 2 is 2.16 bits per heavy atom. The fourth-order valence-electron chi connectivity index (χ4n) is 3.18. The molecule has 4 rings (SSSR count). The average molecular weight is 350 g/mol. The topological polar surface area (TPSA) is 71.6 Å². The highest BCUT2D eigenvalue weighted by molar-refractivity contribution is 7.17. The number of carbonyl (C=O) groups is 1. The van der Waals surface area contributed by atoms with E-state index in [1.54, 1.807) is 24.6 Å². The molecular formula is C19H18N4OS. The van der Waals surface area contributed by atoms with Crippen LogP contribution in [0.3, 0.4) is 0 Å².